The van der Waals surface area contributed by atoms with E-state index < -0.39 is 0 Å². The number of halogens is 2. The second-order valence-electron chi connectivity index (χ2n) is 5.00. The van der Waals surface area contributed by atoms with Gasteiger partial charge in [0.25, 0.3) is 0 Å². The summed E-state index contributed by atoms with van der Waals surface area (Å²) in [6.45, 7) is 4.91. The van der Waals surface area contributed by atoms with Crippen LogP contribution in [0.3, 0.4) is 0 Å². The van der Waals surface area contributed by atoms with Gasteiger partial charge in [0, 0.05) is 21.2 Å². The standard InChI is InChI=1S/C14H18Br2N2/c1-14(2,10-17)7-3-4-8-18-13-9-11(15)5-6-12(13)16/h5-6,9,18H,3-4,7-8H2,1-2H3. The van der Waals surface area contributed by atoms with Crippen LogP contribution in [0.25, 0.3) is 0 Å². The van der Waals surface area contributed by atoms with E-state index in [-0.39, 0.29) is 5.41 Å². The molecule has 0 saturated carbocycles. The lowest BCUT2D eigenvalue weighted by atomic mass is 9.89. The average molecular weight is 374 g/mol. The normalized spacial score (nSPS) is 11.1. The maximum absolute atomic E-state index is 8.92. The minimum absolute atomic E-state index is 0.198. The van der Waals surface area contributed by atoms with Gasteiger partial charge in [-0.3, -0.25) is 0 Å². The number of benzene rings is 1. The van der Waals surface area contributed by atoms with Crippen LogP contribution >= 0.6 is 31.9 Å². The van der Waals surface area contributed by atoms with E-state index in [9.17, 15) is 0 Å². The van der Waals surface area contributed by atoms with Crippen molar-refractivity contribution in [2.45, 2.75) is 33.1 Å². The third-order valence-corrected chi connectivity index (χ3v) is 3.96. The Morgan fingerprint density at radius 1 is 1.28 bits per heavy atom. The summed E-state index contributed by atoms with van der Waals surface area (Å²) < 4.78 is 2.14. The second-order valence-corrected chi connectivity index (χ2v) is 6.77. The fraction of sp³-hybridized carbons (Fsp3) is 0.500. The van der Waals surface area contributed by atoms with E-state index in [2.05, 4.69) is 49.3 Å². The van der Waals surface area contributed by atoms with Crippen LogP contribution < -0.4 is 5.32 Å². The summed E-state index contributed by atoms with van der Waals surface area (Å²) in [7, 11) is 0. The molecule has 0 radical (unpaired) electrons. The number of unbranched alkanes of at least 4 members (excludes halogenated alkanes) is 1. The molecular weight excluding hydrogens is 356 g/mol. The van der Waals surface area contributed by atoms with Gasteiger partial charge >= 0.3 is 0 Å². The third-order valence-electron chi connectivity index (χ3n) is 2.78. The van der Waals surface area contributed by atoms with Crippen molar-refractivity contribution in [3.63, 3.8) is 0 Å². The molecule has 0 saturated heterocycles. The van der Waals surface area contributed by atoms with Gasteiger partial charge in [0.15, 0.2) is 0 Å². The third kappa shape index (κ3) is 5.41. The molecular formula is C14H18Br2N2. The Morgan fingerprint density at radius 3 is 2.67 bits per heavy atom. The van der Waals surface area contributed by atoms with Crippen LogP contribution in [0.5, 0.6) is 0 Å². The first-order valence-electron chi connectivity index (χ1n) is 6.05. The van der Waals surface area contributed by atoms with Crippen molar-refractivity contribution < 1.29 is 0 Å². The Kier molecular flexibility index (Phi) is 6.17. The number of nitriles is 1. The van der Waals surface area contributed by atoms with E-state index in [1.165, 1.54) is 0 Å². The van der Waals surface area contributed by atoms with Gasteiger partial charge in [0.1, 0.15) is 0 Å². The zero-order valence-electron chi connectivity index (χ0n) is 10.8. The molecule has 0 aliphatic heterocycles. The summed E-state index contributed by atoms with van der Waals surface area (Å²) in [6.07, 6.45) is 3.09. The minimum Gasteiger partial charge on any atom is -0.384 e. The monoisotopic (exact) mass is 372 g/mol. The molecule has 0 atom stereocenters. The first kappa shape index (κ1) is 15.5. The molecule has 1 aromatic carbocycles. The van der Waals surface area contributed by atoms with Gasteiger partial charge in [-0.05, 0) is 60.8 Å². The highest BCUT2D eigenvalue weighted by molar-refractivity contribution is 9.11. The lowest BCUT2D eigenvalue weighted by Crippen LogP contribution is -2.09. The summed E-state index contributed by atoms with van der Waals surface area (Å²) >= 11 is 6.97. The Morgan fingerprint density at radius 2 is 2.00 bits per heavy atom. The molecule has 0 aromatic heterocycles. The van der Waals surface area contributed by atoms with Crippen molar-refractivity contribution >= 4 is 37.5 Å². The summed E-state index contributed by atoms with van der Waals surface area (Å²) in [5, 5.41) is 12.3. The molecule has 2 nitrogen and oxygen atoms in total. The van der Waals surface area contributed by atoms with Crippen LogP contribution in [-0.4, -0.2) is 6.54 Å². The van der Waals surface area contributed by atoms with Crippen molar-refractivity contribution in [1.29, 1.82) is 5.26 Å². The van der Waals surface area contributed by atoms with Crippen LogP contribution in [0.1, 0.15) is 33.1 Å². The van der Waals surface area contributed by atoms with Crippen molar-refractivity contribution in [3.8, 4) is 6.07 Å². The maximum atomic E-state index is 8.92. The zero-order chi connectivity index (χ0) is 13.6. The summed E-state index contributed by atoms with van der Waals surface area (Å²) in [4.78, 5) is 0. The van der Waals surface area contributed by atoms with Gasteiger partial charge in [-0.2, -0.15) is 5.26 Å². The molecule has 98 valence electrons. The SMILES string of the molecule is CC(C)(C#N)CCCCNc1cc(Br)ccc1Br. The molecule has 1 rings (SSSR count). The van der Waals surface area contributed by atoms with Crippen molar-refractivity contribution in [2.75, 3.05) is 11.9 Å². The molecule has 0 aliphatic rings. The average Bonchev–Trinajstić information content (AvgIpc) is 2.33. The van der Waals surface area contributed by atoms with Gasteiger partial charge in [-0.1, -0.05) is 22.4 Å². The van der Waals surface area contributed by atoms with Crippen molar-refractivity contribution in [3.05, 3.63) is 27.1 Å². The Labute approximate surface area is 126 Å². The van der Waals surface area contributed by atoms with Crippen LogP contribution in [0.4, 0.5) is 5.69 Å². The quantitative estimate of drug-likeness (QED) is 0.682. The Bertz CT molecular complexity index is 436. The molecule has 0 aliphatic carbocycles. The number of nitrogens with one attached hydrogen (secondary N) is 1. The molecule has 1 aromatic rings. The van der Waals surface area contributed by atoms with E-state index in [4.69, 9.17) is 5.26 Å². The number of nitrogens with zero attached hydrogens (tertiary/aromatic N) is 1. The van der Waals surface area contributed by atoms with Gasteiger partial charge in [0.05, 0.1) is 11.5 Å². The first-order chi connectivity index (χ1) is 8.44. The first-order valence-corrected chi connectivity index (χ1v) is 7.63. The largest absolute Gasteiger partial charge is 0.384 e. The van der Waals surface area contributed by atoms with E-state index in [1.807, 2.05) is 26.0 Å². The summed E-state index contributed by atoms with van der Waals surface area (Å²) in [5.41, 5.74) is 0.903. The molecule has 0 unspecified atom stereocenters. The number of hydrogen-bond donors (Lipinski definition) is 1. The molecule has 0 heterocycles. The second kappa shape index (κ2) is 7.16. The van der Waals surface area contributed by atoms with Gasteiger partial charge in [0.2, 0.25) is 0 Å². The Balaban J connectivity index is 2.30. The highest BCUT2D eigenvalue weighted by Crippen LogP contribution is 2.26. The molecule has 0 bridgehead atoms. The van der Waals surface area contributed by atoms with Crippen LogP contribution in [0.15, 0.2) is 27.1 Å². The molecule has 18 heavy (non-hydrogen) atoms. The lowest BCUT2D eigenvalue weighted by molar-refractivity contribution is 0.430. The van der Waals surface area contributed by atoms with Crippen LogP contribution in [0, 0.1) is 16.7 Å². The lowest BCUT2D eigenvalue weighted by Gasteiger charge is -2.15. The number of anilines is 1. The highest BCUT2D eigenvalue weighted by Gasteiger charge is 2.15. The molecule has 1 N–H and O–H groups in total. The molecule has 4 heteroatoms. The van der Waals surface area contributed by atoms with Crippen LogP contribution in [0.2, 0.25) is 0 Å². The number of rotatable bonds is 6. The molecule has 0 spiro atoms. The van der Waals surface area contributed by atoms with Crippen molar-refractivity contribution in [1.82, 2.24) is 0 Å². The topological polar surface area (TPSA) is 35.8 Å². The van der Waals surface area contributed by atoms with Gasteiger partial charge < -0.3 is 5.32 Å². The maximum Gasteiger partial charge on any atom is 0.0683 e. The van der Waals surface area contributed by atoms with E-state index >= 15 is 0 Å². The Hall–Kier alpha value is -0.530. The number of hydrogen-bond acceptors (Lipinski definition) is 2. The fourth-order valence-electron chi connectivity index (χ4n) is 1.60. The van der Waals surface area contributed by atoms with Gasteiger partial charge in [-0.25, -0.2) is 0 Å². The zero-order valence-corrected chi connectivity index (χ0v) is 13.9. The van der Waals surface area contributed by atoms with E-state index in [0.717, 1.165) is 40.4 Å². The molecule has 0 fully saturated rings. The fourth-order valence-corrected chi connectivity index (χ4v) is 2.35. The predicted molar refractivity (Wildman–Crippen MR) is 83.6 cm³/mol. The smallest absolute Gasteiger partial charge is 0.0683 e. The molecule has 0 amide bonds. The van der Waals surface area contributed by atoms with E-state index in [0.29, 0.717) is 0 Å². The summed E-state index contributed by atoms with van der Waals surface area (Å²) in [6, 6.07) is 8.41. The summed E-state index contributed by atoms with van der Waals surface area (Å²) in [5.74, 6) is 0. The van der Waals surface area contributed by atoms with Gasteiger partial charge in [-0.15, -0.1) is 0 Å². The predicted octanol–water partition coefficient (Wildman–Crippen LogP) is 5.34. The van der Waals surface area contributed by atoms with Crippen molar-refractivity contribution in [2.24, 2.45) is 5.41 Å². The van der Waals surface area contributed by atoms with E-state index in [1.54, 1.807) is 0 Å². The highest BCUT2D eigenvalue weighted by atomic mass is 79.9. The van der Waals surface area contributed by atoms with Crippen LogP contribution in [-0.2, 0) is 0 Å². The minimum atomic E-state index is -0.198.